The molecule has 1 aliphatic rings. The number of carbonyl (C=O) groups excluding carboxylic acids is 2. The molecule has 2 aromatic carbocycles. The molecule has 10 heteroatoms. The number of amides is 2. The number of sulfonamides is 1. The van der Waals surface area contributed by atoms with Crippen molar-refractivity contribution in [2.45, 2.75) is 42.9 Å². The van der Waals surface area contributed by atoms with E-state index in [2.05, 4.69) is 22.7 Å². The van der Waals surface area contributed by atoms with Crippen molar-refractivity contribution < 1.29 is 22.7 Å². The van der Waals surface area contributed by atoms with Crippen molar-refractivity contribution in [3.8, 4) is 11.5 Å². The van der Waals surface area contributed by atoms with Gasteiger partial charge in [-0.2, -0.15) is 12.6 Å². The Morgan fingerprint density at radius 2 is 1.74 bits per heavy atom. The van der Waals surface area contributed by atoms with Crippen molar-refractivity contribution in [2.24, 2.45) is 5.92 Å². The van der Waals surface area contributed by atoms with Crippen LogP contribution < -0.4 is 14.8 Å². The Morgan fingerprint density at radius 3 is 2.35 bits per heavy atom. The largest absolute Gasteiger partial charge is 0.457 e. The number of benzene rings is 2. The van der Waals surface area contributed by atoms with Crippen LogP contribution in [0, 0.1) is 5.92 Å². The van der Waals surface area contributed by atoms with Gasteiger partial charge in [-0.25, -0.2) is 13.1 Å². The molecule has 0 radical (unpaired) electrons. The molecule has 184 valence electrons. The van der Waals surface area contributed by atoms with Crippen molar-refractivity contribution in [3.05, 3.63) is 54.6 Å². The molecule has 2 N–H and O–H groups in total. The number of para-hydroxylation sites is 1. The lowest BCUT2D eigenvalue weighted by Crippen LogP contribution is -2.41. The average Bonchev–Trinajstić information content (AvgIpc) is 3.17. The van der Waals surface area contributed by atoms with E-state index in [0.29, 0.717) is 31.0 Å². The zero-order valence-corrected chi connectivity index (χ0v) is 21.0. The van der Waals surface area contributed by atoms with E-state index >= 15 is 0 Å². The first-order valence-corrected chi connectivity index (χ1v) is 13.2. The number of nitrogens with one attached hydrogen (secondary N) is 2. The lowest BCUT2D eigenvalue weighted by atomic mass is 10.0. The van der Waals surface area contributed by atoms with Crippen LogP contribution in [-0.4, -0.2) is 56.1 Å². The average molecular weight is 506 g/mol. The molecule has 0 spiro atoms. The van der Waals surface area contributed by atoms with E-state index in [1.54, 1.807) is 17.0 Å². The van der Waals surface area contributed by atoms with Gasteiger partial charge in [0, 0.05) is 38.2 Å². The maximum Gasteiger partial charge on any atom is 0.240 e. The number of rotatable bonds is 10. The van der Waals surface area contributed by atoms with Gasteiger partial charge in [-0.05, 0) is 42.3 Å². The highest BCUT2D eigenvalue weighted by molar-refractivity contribution is 7.89. The molecule has 0 aromatic heterocycles. The predicted molar refractivity (Wildman–Crippen MR) is 134 cm³/mol. The second-order valence-corrected chi connectivity index (χ2v) is 10.8. The van der Waals surface area contributed by atoms with Gasteiger partial charge in [0.15, 0.2) is 0 Å². The second kappa shape index (κ2) is 11.7. The lowest BCUT2D eigenvalue weighted by molar-refractivity contribution is -0.131. The Hall–Kier alpha value is -2.56. The summed E-state index contributed by atoms with van der Waals surface area (Å²) < 4.78 is 34.2. The number of hydrogen-bond donors (Lipinski definition) is 3. The maximum absolute atomic E-state index is 12.9. The molecular formula is C24H31N3O5S2. The molecule has 34 heavy (non-hydrogen) atoms. The molecule has 0 bridgehead atoms. The van der Waals surface area contributed by atoms with E-state index in [9.17, 15) is 18.0 Å². The van der Waals surface area contributed by atoms with Crippen LogP contribution >= 0.6 is 12.6 Å². The van der Waals surface area contributed by atoms with Gasteiger partial charge in [0.2, 0.25) is 21.8 Å². The Bertz CT molecular complexity index is 1080. The van der Waals surface area contributed by atoms with Gasteiger partial charge < -0.3 is 15.0 Å². The fraction of sp³-hybridized carbons (Fsp3) is 0.417. The van der Waals surface area contributed by atoms with Gasteiger partial charge in [0.25, 0.3) is 0 Å². The minimum atomic E-state index is -3.80. The van der Waals surface area contributed by atoms with E-state index in [4.69, 9.17) is 4.74 Å². The zero-order valence-electron chi connectivity index (χ0n) is 19.3. The molecule has 1 unspecified atom stereocenters. The number of thiol groups is 1. The van der Waals surface area contributed by atoms with Crippen LogP contribution in [0.25, 0.3) is 0 Å². The molecule has 1 saturated heterocycles. The molecular weight excluding hydrogens is 474 g/mol. The molecule has 1 aliphatic heterocycles. The first-order valence-electron chi connectivity index (χ1n) is 11.2. The fourth-order valence-corrected chi connectivity index (χ4v) is 5.44. The number of hydrogen-bond acceptors (Lipinski definition) is 6. The third-order valence-corrected chi connectivity index (χ3v) is 7.77. The summed E-state index contributed by atoms with van der Waals surface area (Å²) in [5.41, 5.74) is 0. The van der Waals surface area contributed by atoms with E-state index < -0.39 is 16.1 Å². The molecule has 8 nitrogen and oxygen atoms in total. The van der Waals surface area contributed by atoms with E-state index in [1.807, 2.05) is 37.3 Å². The highest BCUT2D eigenvalue weighted by Gasteiger charge is 2.36. The van der Waals surface area contributed by atoms with Crippen molar-refractivity contribution in [3.63, 3.8) is 0 Å². The Morgan fingerprint density at radius 1 is 1.09 bits per heavy atom. The highest BCUT2D eigenvalue weighted by Crippen LogP contribution is 2.24. The third-order valence-electron chi connectivity index (χ3n) is 5.74. The quantitative estimate of drug-likeness (QED) is 0.431. The van der Waals surface area contributed by atoms with Gasteiger partial charge in [-0.3, -0.25) is 9.59 Å². The SMILES string of the molecule is CCC(CNC(C)=O)CC(=O)N1C[C@H](NS(=O)(=O)c2ccc(Oc3ccccc3)cc2)[C@@H](S)C1. The second-order valence-electron chi connectivity index (χ2n) is 8.40. The minimum Gasteiger partial charge on any atom is -0.457 e. The van der Waals surface area contributed by atoms with Crippen LogP contribution in [0.15, 0.2) is 59.5 Å². The smallest absolute Gasteiger partial charge is 0.240 e. The normalized spacial score (nSPS) is 19.0. The van der Waals surface area contributed by atoms with Gasteiger partial charge in [0.1, 0.15) is 11.5 Å². The monoisotopic (exact) mass is 505 g/mol. The van der Waals surface area contributed by atoms with E-state index in [1.165, 1.54) is 19.1 Å². The van der Waals surface area contributed by atoms with Gasteiger partial charge >= 0.3 is 0 Å². The Balaban J connectivity index is 1.58. The fourth-order valence-electron chi connectivity index (χ4n) is 3.71. The molecule has 0 aliphatic carbocycles. The number of ether oxygens (including phenoxy) is 1. The molecule has 0 saturated carbocycles. The summed E-state index contributed by atoms with van der Waals surface area (Å²) in [6.45, 7) is 4.46. The maximum atomic E-state index is 12.9. The summed E-state index contributed by atoms with van der Waals surface area (Å²) in [6.07, 6.45) is 1.05. The molecule has 1 heterocycles. The Labute approximate surface area is 206 Å². The van der Waals surface area contributed by atoms with Gasteiger partial charge in [0.05, 0.1) is 10.9 Å². The molecule has 3 rings (SSSR count). The van der Waals surface area contributed by atoms with E-state index in [0.717, 1.165) is 6.42 Å². The first-order chi connectivity index (χ1) is 16.2. The first kappa shape index (κ1) is 26.1. The standard InChI is InChI=1S/C24H31N3O5S2/c1-3-18(14-25-17(2)28)13-24(29)27-15-22(23(33)16-27)26-34(30,31)21-11-9-20(10-12-21)32-19-7-5-4-6-8-19/h4-12,18,22-23,26,33H,3,13-16H2,1-2H3,(H,25,28)/t18?,22-,23-/m0/s1. The van der Waals surface area contributed by atoms with Crippen LogP contribution in [0.1, 0.15) is 26.7 Å². The summed E-state index contributed by atoms with van der Waals surface area (Å²) in [5, 5.41) is 2.43. The molecule has 3 atom stereocenters. The molecule has 2 amide bonds. The summed E-state index contributed by atoms with van der Waals surface area (Å²) in [5.74, 6) is 1.02. The van der Waals surface area contributed by atoms with Crippen molar-refractivity contribution in [1.29, 1.82) is 0 Å². The Kier molecular flexibility index (Phi) is 8.98. The lowest BCUT2D eigenvalue weighted by Gasteiger charge is -2.21. The topological polar surface area (TPSA) is 105 Å². The number of nitrogens with zero attached hydrogens (tertiary/aromatic N) is 1. The van der Waals surface area contributed by atoms with E-state index in [-0.39, 0.29) is 34.4 Å². The third kappa shape index (κ3) is 7.22. The molecule has 1 fully saturated rings. The van der Waals surface area contributed by atoms with Crippen LogP contribution in [0.2, 0.25) is 0 Å². The number of likely N-dealkylation sites (tertiary alicyclic amines) is 1. The van der Waals surface area contributed by atoms with Crippen LogP contribution in [0.4, 0.5) is 0 Å². The van der Waals surface area contributed by atoms with Crippen molar-refractivity contribution >= 4 is 34.5 Å². The predicted octanol–water partition coefficient (Wildman–Crippen LogP) is 2.82. The highest BCUT2D eigenvalue weighted by atomic mass is 32.2. The minimum absolute atomic E-state index is 0.0297. The van der Waals surface area contributed by atoms with Crippen LogP contribution in [0.5, 0.6) is 11.5 Å². The van der Waals surface area contributed by atoms with Crippen LogP contribution in [0.3, 0.4) is 0 Å². The summed E-state index contributed by atoms with van der Waals surface area (Å²) in [7, 11) is -3.80. The molecule has 2 aromatic rings. The van der Waals surface area contributed by atoms with Crippen molar-refractivity contribution in [1.82, 2.24) is 14.9 Å². The van der Waals surface area contributed by atoms with Gasteiger partial charge in [-0.15, -0.1) is 0 Å². The van der Waals surface area contributed by atoms with Crippen molar-refractivity contribution in [2.75, 3.05) is 19.6 Å². The van der Waals surface area contributed by atoms with Crippen LogP contribution in [-0.2, 0) is 19.6 Å². The summed E-state index contributed by atoms with van der Waals surface area (Å²) in [4.78, 5) is 25.7. The zero-order chi connectivity index (χ0) is 24.7. The number of carbonyl (C=O) groups is 2. The van der Waals surface area contributed by atoms with Gasteiger partial charge in [-0.1, -0.05) is 31.5 Å². The summed E-state index contributed by atoms with van der Waals surface area (Å²) >= 11 is 4.52. The summed E-state index contributed by atoms with van der Waals surface area (Å²) in [6, 6.07) is 14.9.